The molecule has 0 radical (unpaired) electrons. The second-order valence-electron chi connectivity index (χ2n) is 4.78. The molecule has 0 aliphatic rings. The average Bonchev–Trinajstić information content (AvgIpc) is 2.39. The fourth-order valence-electron chi connectivity index (χ4n) is 1.91. The van der Waals surface area contributed by atoms with Crippen LogP contribution in [-0.4, -0.2) is 13.2 Å². The van der Waals surface area contributed by atoms with Crippen molar-refractivity contribution in [3.8, 4) is 11.5 Å². The Kier molecular flexibility index (Phi) is 4.45. The fourth-order valence-corrected chi connectivity index (χ4v) is 1.91. The lowest BCUT2D eigenvalue weighted by molar-refractivity contribution is 0.216. The molecule has 0 atom stereocenters. The Labute approximate surface area is 115 Å². The summed E-state index contributed by atoms with van der Waals surface area (Å²) in [6, 6.07) is 14.2. The van der Waals surface area contributed by atoms with Crippen LogP contribution >= 0.6 is 0 Å². The Morgan fingerprint density at radius 2 is 1.37 bits per heavy atom. The molecule has 0 bridgehead atoms. The zero-order valence-corrected chi connectivity index (χ0v) is 11.8. The van der Waals surface area contributed by atoms with E-state index < -0.39 is 0 Å². The lowest BCUT2D eigenvalue weighted by Crippen LogP contribution is -2.09. The summed E-state index contributed by atoms with van der Waals surface area (Å²) in [7, 11) is 0. The Bertz CT molecular complexity index is 529. The lowest BCUT2D eigenvalue weighted by atomic mass is 10.1. The molecule has 0 amide bonds. The molecule has 0 aromatic heterocycles. The molecule has 2 nitrogen and oxygen atoms in total. The van der Waals surface area contributed by atoms with E-state index in [0.29, 0.717) is 13.2 Å². The van der Waals surface area contributed by atoms with E-state index >= 15 is 0 Å². The van der Waals surface area contributed by atoms with Crippen molar-refractivity contribution < 1.29 is 9.47 Å². The third-order valence-electron chi connectivity index (χ3n) is 2.96. The molecule has 2 aromatic carbocycles. The van der Waals surface area contributed by atoms with Crippen molar-refractivity contribution in [2.75, 3.05) is 13.2 Å². The summed E-state index contributed by atoms with van der Waals surface area (Å²) < 4.78 is 11.3. The molecule has 0 fully saturated rings. The predicted molar refractivity (Wildman–Crippen MR) is 78.1 cm³/mol. The van der Waals surface area contributed by atoms with Gasteiger partial charge in [0.1, 0.15) is 24.7 Å². The van der Waals surface area contributed by atoms with Crippen molar-refractivity contribution in [3.05, 3.63) is 59.2 Å². The molecule has 19 heavy (non-hydrogen) atoms. The molecule has 0 saturated heterocycles. The number of rotatable bonds is 5. The van der Waals surface area contributed by atoms with E-state index in [4.69, 9.17) is 9.47 Å². The molecule has 2 rings (SSSR count). The van der Waals surface area contributed by atoms with Crippen LogP contribution in [0.1, 0.15) is 16.7 Å². The Morgan fingerprint density at radius 3 is 2.05 bits per heavy atom. The van der Waals surface area contributed by atoms with Crippen LogP contribution in [0.5, 0.6) is 11.5 Å². The first-order valence-electron chi connectivity index (χ1n) is 6.54. The molecule has 2 aromatic rings. The number of hydrogen-bond acceptors (Lipinski definition) is 2. The first kappa shape index (κ1) is 13.5. The van der Waals surface area contributed by atoms with E-state index in [1.54, 1.807) is 0 Å². The van der Waals surface area contributed by atoms with Gasteiger partial charge in [-0.2, -0.15) is 0 Å². The second kappa shape index (κ2) is 6.28. The minimum absolute atomic E-state index is 0.552. The number of hydrogen-bond donors (Lipinski definition) is 0. The van der Waals surface area contributed by atoms with Crippen molar-refractivity contribution in [1.82, 2.24) is 0 Å². The Balaban J connectivity index is 1.79. The first-order valence-corrected chi connectivity index (χ1v) is 6.54. The maximum Gasteiger partial charge on any atom is 0.122 e. The Morgan fingerprint density at radius 1 is 0.737 bits per heavy atom. The molecule has 0 spiro atoms. The summed E-state index contributed by atoms with van der Waals surface area (Å²) >= 11 is 0. The van der Waals surface area contributed by atoms with Crippen LogP contribution in [0.15, 0.2) is 42.5 Å². The number of ether oxygens (including phenoxy) is 2. The van der Waals surface area contributed by atoms with Gasteiger partial charge in [-0.25, -0.2) is 0 Å². The largest absolute Gasteiger partial charge is 0.490 e. The van der Waals surface area contributed by atoms with Gasteiger partial charge in [-0.05, 0) is 44.5 Å². The monoisotopic (exact) mass is 256 g/mol. The highest BCUT2D eigenvalue weighted by Crippen LogP contribution is 2.18. The van der Waals surface area contributed by atoms with E-state index in [1.807, 2.05) is 30.3 Å². The van der Waals surface area contributed by atoms with Gasteiger partial charge in [0.15, 0.2) is 0 Å². The molecule has 0 aliphatic heterocycles. The molecule has 0 saturated carbocycles. The highest BCUT2D eigenvalue weighted by molar-refractivity contribution is 5.35. The van der Waals surface area contributed by atoms with Gasteiger partial charge in [-0.15, -0.1) is 0 Å². The highest BCUT2D eigenvalue weighted by Gasteiger charge is 1.99. The minimum atomic E-state index is 0.552. The summed E-state index contributed by atoms with van der Waals surface area (Å²) in [5.41, 5.74) is 3.65. The maximum absolute atomic E-state index is 5.71. The molecule has 0 unspecified atom stereocenters. The van der Waals surface area contributed by atoms with E-state index in [0.717, 1.165) is 17.1 Å². The highest BCUT2D eigenvalue weighted by atomic mass is 16.5. The van der Waals surface area contributed by atoms with Crippen molar-refractivity contribution in [1.29, 1.82) is 0 Å². The number of aryl methyl sites for hydroxylation is 3. The van der Waals surface area contributed by atoms with Crippen LogP contribution in [0.25, 0.3) is 0 Å². The topological polar surface area (TPSA) is 18.5 Å². The summed E-state index contributed by atoms with van der Waals surface area (Å²) in [5, 5.41) is 0. The van der Waals surface area contributed by atoms with Crippen molar-refractivity contribution in [2.45, 2.75) is 20.8 Å². The summed E-state index contributed by atoms with van der Waals surface area (Å²) in [6.45, 7) is 7.31. The normalized spacial score (nSPS) is 10.3. The SMILES string of the molecule is Cc1ccc(OCCOc2ccc(C)cc2C)cc1. The van der Waals surface area contributed by atoms with E-state index in [2.05, 4.69) is 32.9 Å². The van der Waals surface area contributed by atoms with Crippen molar-refractivity contribution in [3.63, 3.8) is 0 Å². The zero-order chi connectivity index (χ0) is 13.7. The number of benzene rings is 2. The molecule has 100 valence electrons. The van der Waals surface area contributed by atoms with Crippen LogP contribution in [0.2, 0.25) is 0 Å². The molecular weight excluding hydrogens is 236 g/mol. The van der Waals surface area contributed by atoms with Crippen LogP contribution in [-0.2, 0) is 0 Å². The molecule has 0 N–H and O–H groups in total. The summed E-state index contributed by atoms with van der Waals surface area (Å²) in [6.07, 6.45) is 0. The Hall–Kier alpha value is -1.96. The molecule has 0 aliphatic carbocycles. The van der Waals surface area contributed by atoms with Crippen LogP contribution in [0.4, 0.5) is 0 Å². The minimum Gasteiger partial charge on any atom is -0.490 e. The zero-order valence-electron chi connectivity index (χ0n) is 11.8. The summed E-state index contributed by atoms with van der Waals surface area (Å²) in [4.78, 5) is 0. The predicted octanol–water partition coefficient (Wildman–Crippen LogP) is 4.07. The van der Waals surface area contributed by atoms with Gasteiger partial charge in [-0.1, -0.05) is 35.4 Å². The second-order valence-corrected chi connectivity index (χ2v) is 4.78. The average molecular weight is 256 g/mol. The first-order chi connectivity index (χ1) is 9.15. The molecular formula is C17H20O2. The van der Waals surface area contributed by atoms with Gasteiger partial charge in [0.2, 0.25) is 0 Å². The molecule has 0 heterocycles. The van der Waals surface area contributed by atoms with E-state index in [1.165, 1.54) is 11.1 Å². The van der Waals surface area contributed by atoms with E-state index in [9.17, 15) is 0 Å². The van der Waals surface area contributed by atoms with Gasteiger partial charge in [-0.3, -0.25) is 0 Å². The van der Waals surface area contributed by atoms with Crippen LogP contribution in [0.3, 0.4) is 0 Å². The van der Waals surface area contributed by atoms with Gasteiger partial charge < -0.3 is 9.47 Å². The third kappa shape index (κ3) is 4.02. The maximum atomic E-state index is 5.71. The van der Waals surface area contributed by atoms with Crippen LogP contribution < -0.4 is 9.47 Å². The van der Waals surface area contributed by atoms with Gasteiger partial charge >= 0.3 is 0 Å². The van der Waals surface area contributed by atoms with Crippen LogP contribution in [0, 0.1) is 20.8 Å². The molecule has 2 heteroatoms. The van der Waals surface area contributed by atoms with Crippen molar-refractivity contribution in [2.24, 2.45) is 0 Å². The fraction of sp³-hybridized carbons (Fsp3) is 0.294. The van der Waals surface area contributed by atoms with Gasteiger partial charge in [0.05, 0.1) is 0 Å². The van der Waals surface area contributed by atoms with Crippen molar-refractivity contribution >= 4 is 0 Å². The lowest BCUT2D eigenvalue weighted by Gasteiger charge is -2.11. The van der Waals surface area contributed by atoms with Gasteiger partial charge in [0.25, 0.3) is 0 Å². The quantitative estimate of drug-likeness (QED) is 0.751. The van der Waals surface area contributed by atoms with E-state index in [-0.39, 0.29) is 0 Å². The van der Waals surface area contributed by atoms with Gasteiger partial charge in [0, 0.05) is 0 Å². The summed E-state index contributed by atoms with van der Waals surface area (Å²) in [5.74, 6) is 1.81. The smallest absolute Gasteiger partial charge is 0.122 e. The standard InChI is InChI=1S/C17H20O2/c1-13-4-7-16(8-5-13)18-10-11-19-17-9-6-14(2)12-15(17)3/h4-9,12H,10-11H2,1-3H3. The third-order valence-corrected chi connectivity index (χ3v) is 2.96.